The van der Waals surface area contributed by atoms with E-state index >= 15 is 0 Å². The van der Waals surface area contributed by atoms with Crippen LogP contribution in [0.15, 0.2) is 0 Å². The number of carbonyl (C=O) groups excluding carboxylic acids is 1. The highest BCUT2D eigenvalue weighted by Crippen LogP contribution is 2.26. The number of rotatable bonds is 39. The molecule has 55 heavy (non-hydrogen) atoms. The molecule has 0 spiro atoms. The van der Waals surface area contributed by atoms with Crippen molar-refractivity contribution in [2.75, 3.05) is 26.4 Å². The molecule has 0 aromatic carbocycles. The Morgan fingerprint density at radius 1 is 0.618 bits per heavy atom. The SMILES string of the molecule is CCCCCCCCCCCCCCCCCOCC(COC1OC(CO)C(O)C(OS(=O)(=O)O)C1O)OC(=O)CCCCCCCCCCCCCCC. The third kappa shape index (κ3) is 29.0. The van der Waals surface area contributed by atoms with Gasteiger partial charge in [0.25, 0.3) is 0 Å². The van der Waals surface area contributed by atoms with Gasteiger partial charge in [0.1, 0.15) is 30.5 Å². The minimum atomic E-state index is -5.05. The summed E-state index contributed by atoms with van der Waals surface area (Å²) in [5.41, 5.74) is 0. The molecule has 328 valence electrons. The van der Waals surface area contributed by atoms with Gasteiger partial charge in [-0.25, -0.2) is 4.18 Å². The van der Waals surface area contributed by atoms with Crippen LogP contribution >= 0.6 is 0 Å². The number of esters is 1. The fraction of sp³-hybridized carbons (Fsp3) is 0.976. The zero-order valence-electron chi connectivity index (χ0n) is 34.8. The standard InChI is InChI=1S/C42H82O12S/c1-3-5-7-9-11-13-15-17-18-20-22-24-26-28-30-32-50-34-36(35-51-42-40(46)41(54-55(47,48)49)39(45)37(33-43)53-42)52-38(44)31-29-27-25-23-21-19-16-14-12-10-8-6-4-2/h36-37,39-43,45-46H,3-35H2,1-2H3,(H,47,48,49). The van der Waals surface area contributed by atoms with Crippen LogP contribution in [0, 0.1) is 0 Å². The Kier molecular flexibility index (Phi) is 33.2. The van der Waals surface area contributed by atoms with Crippen LogP contribution in [0.2, 0.25) is 0 Å². The minimum absolute atomic E-state index is 0.0444. The van der Waals surface area contributed by atoms with Crippen LogP contribution in [-0.4, -0.2) is 97.5 Å². The van der Waals surface area contributed by atoms with E-state index in [-0.39, 0.29) is 19.6 Å². The molecule has 1 aliphatic heterocycles. The van der Waals surface area contributed by atoms with Gasteiger partial charge in [-0.3, -0.25) is 9.35 Å². The molecule has 0 aliphatic carbocycles. The summed E-state index contributed by atoms with van der Waals surface area (Å²) in [6.45, 7) is 4.02. The Hall–Kier alpha value is -0.900. The largest absolute Gasteiger partial charge is 0.457 e. The maximum absolute atomic E-state index is 12.8. The molecule has 6 atom stereocenters. The third-order valence-electron chi connectivity index (χ3n) is 10.5. The molecule has 1 saturated heterocycles. The average Bonchev–Trinajstić information content (AvgIpc) is 3.15. The molecule has 1 aliphatic rings. The normalized spacial score (nSPS) is 20.9. The lowest BCUT2D eigenvalue weighted by Gasteiger charge is -2.41. The molecule has 0 bridgehead atoms. The smallest absolute Gasteiger partial charge is 0.397 e. The lowest BCUT2D eigenvalue weighted by atomic mass is 9.99. The van der Waals surface area contributed by atoms with Crippen molar-refractivity contribution < 1.29 is 56.2 Å². The van der Waals surface area contributed by atoms with E-state index in [0.717, 1.165) is 38.5 Å². The molecule has 1 rings (SSSR count). The lowest BCUT2D eigenvalue weighted by molar-refractivity contribution is -0.301. The molecule has 4 N–H and O–H groups in total. The second-order valence-electron chi connectivity index (χ2n) is 15.7. The maximum Gasteiger partial charge on any atom is 0.397 e. The maximum atomic E-state index is 12.8. The van der Waals surface area contributed by atoms with E-state index < -0.39 is 59.8 Å². The van der Waals surface area contributed by atoms with Crippen LogP contribution in [0.25, 0.3) is 0 Å². The van der Waals surface area contributed by atoms with Gasteiger partial charge in [0, 0.05) is 13.0 Å². The predicted molar refractivity (Wildman–Crippen MR) is 216 cm³/mol. The molecule has 0 amide bonds. The Morgan fingerprint density at radius 3 is 1.45 bits per heavy atom. The molecule has 0 aromatic heterocycles. The number of ether oxygens (including phenoxy) is 4. The molecule has 1 heterocycles. The number of aliphatic hydroxyl groups is 3. The van der Waals surface area contributed by atoms with Crippen LogP contribution in [-0.2, 0) is 38.3 Å². The van der Waals surface area contributed by atoms with E-state index in [1.807, 2.05) is 0 Å². The molecule has 1 fully saturated rings. The van der Waals surface area contributed by atoms with Crippen molar-refractivity contribution in [1.29, 1.82) is 0 Å². The van der Waals surface area contributed by atoms with E-state index in [0.29, 0.717) is 13.0 Å². The van der Waals surface area contributed by atoms with E-state index in [9.17, 15) is 28.5 Å². The summed E-state index contributed by atoms with van der Waals surface area (Å²) < 4.78 is 59.0. The first-order chi connectivity index (χ1) is 26.6. The summed E-state index contributed by atoms with van der Waals surface area (Å²) in [6.07, 6.45) is 25.6. The van der Waals surface area contributed by atoms with Gasteiger partial charge in [0.2, 0.25) is 0 Å². The summed E-state index contributed by atoms with van der Waals surface area (Å²) >= 11 is 0. The van der Waals surface area contributed by atoms with Crippen molar-refractivity contribution >= 4 is 16.4 Å². The van der Waals surface area contributed by atoms with Gasteiger partial charge in [0.15, 0.2) is 6.29 Å². The van der Waals surface area contributed by atoms with Crippen molar-refractivity contribution in [3.05, 3.63) is 0 Å². The second-order valence-corrected chi connectivity index (χ2v) is 16.7. The summed E-state index contributed by atoms with van der Waals surface area (Å²) in [6, 6.07) is 0. The first kappa shape index (κ1) is 52.1. The van der Waals surface area contributed by atoms with Crippen LogP contribution in [0.3, 0.4) is 0 Å². The Morgan fingerprint density at radius 2 is 1.04 bits per heavy atom. The summed E-state index contributed by atoms with van der Waals surface area (Å²) in [5, 5.41) is 30.6. The first-order valence-electron chi connectivity index (χ1n) is 22.3. The lowest BCUT2D eigenvalue weighted by Crippen LogP contribution is -2.60. The quantitative estimate of drug-likeness (QED) is 0.0264. The highest BCUT2D eigenvalue weighted by molar-refractivity contribution is 7.80. The molecule has 13 heteroatoms. The second kappa shape index (κ2) is 35.1. The van der Waals surface area contributed by atoms with Crippen molar-refractivity contribution in [1.82, 2.24) is 0 Å². The van der Waals surface area contributed by atoms with Crippen molar-refractivity contribution in [2.45, 2.75) is 237 Å². The fourth-order valence-electron chi connectivity index (χ4n) is 7.09. The van der Waals surface area contributed by atoms with E-state index in [1.54, 1.807) is 0 Å². The molecule has 12 nitrogen and oxygen atoms in total. The number of carbonyl (C=O) groups is 1. The Labute approximate surface area is 335 Å². The summed E-state index contributed by atoms with van der Waals surface area (Å²) in [5.74, 6) is -0.395. The molecular formula is C42H82O12S. The fourth-order valence-corrected chi connectivity index (χ4v) is 7.59. The van der Waals surface area contributed by atoms with Gasteiger partial charge < -0.3 is 34.3 Å². The van der Waals surface area contributed by atoms with Gasteiger partial charge in [-0.15, -0.1) is 0 Å². The summed E-state index contributed by atoms with van der Waals surface area (Å²) in [4.78, 5) is 12.8. The van der Waals surface area contributed by atoms with E-state index in [4.69, 9.17) is 23.5 Å². The third-order valence-corrected chi connectivity index (χ3v) is 10.9. The van der Waals surface area contributed by atoms with Gasteiger partial charge in [-0.05, 0) is 12.8 Å². The Bertz CT molecular complexity index is 984. The number of hydrogen-bond acceptors (Lipinski definition) is 11. The van der Waals surface area contributed by atoms with Crippen LogP contribution < -0.4 is 0 Å². The zero-order valence-corrected chi connectivity index (χ0v) is 35.6. The molecule has 0 aromatic rings. The molecule has 6 unspecified atom stereocenters. The molecular weight excluding hydrogens is 729 g/mol. The van der Waals surface area contributed by atoms with Crippen molar-refractivity contribution in [3.8, 4) is 0 Å². The molecule has 0 saturated carbocycles. The predicted octanol–water partition coefficient (Wildman–Crippen LogP) is 8.91. The van der Waals surface area contributed by atoms with Gasteiger partial charge in [0.05, 0.1) is 19.8 Å². The summed E-state index contributed by atoms with van der Waals surface area (Å²) in [7, 11) is -5.05. The van der Waals surface area contributed by atoms with Crippen LogP contribution in [0.1, 0.15) is 200 Å². The van der Waals surface area contributed by atoms with Crippen LogP contribution in [0.4, 0.5) is 0 Å². The Balaban J connectivity index is 2.43. The van der Waals surface area contributed by atoms with E-state index in [1.165, 1.54) is 135 Å². The minimum Gasteiger partial charge on any atom is -0.457 e. The number of unbranched alkanes of at least 4 members (excludes halogenated alkanes) is 26. The van der Waals surface area contributed by atoms with Crippen molar-refractivity contribution in [3.63, 3.8) is 0 Å². The number of hydrogen-bond donors (Lipinski definition) is 4. The highest BCUT2D eigenvalue weighted by atomic mass is 32.3. The zero-order chi connectivity index (χ0) is 40.4. The number of aliphatic hydroxyl groups excluding tert-OH is 3. The monoisotopic (exact) mass is 811 g/mol. The van der Waals surface area contributed by atoms with Gasteiger partial charge in [-0.2, -0.15) is 8.42 Å². The van der Waals surface area contributed by atoms with Gasteiger partial charge in [-0.1, -0.05) is 181 Å². The topological polar surface area (TPSA) is 178 Å². The van der Waals surface area contributed by atoms with Crippen LogP contribution in [0.5, 0.6) is 0 Å². The van der Waals surface area contributed by atoms with Crippen molar-refractivity contribution in [2.24, 2.45) is 0 Å². The van der Waals surface area contributed by atoms with Gasteiger partial charge >= 0.3 is 16.4 Å². The first-order valence-corrected chi connectivity index (χ1v) is 23.7. The highest BCUT2D eigenvalue weighted by Gasteiger charge is 2.48. The average molecular weight is 811 g/mol. The molecule has 0 radical (unpaired) electrons. The van der Waals surface area contributed by atoms with E-state index in [2.05, 4.69) is 18.0 Å².